The van der Waals surface area contributed by atoms with Crippen LogP contribution in [0.4, 0.5) is 0 Å². The molecule has 50 valence electrons. The third-order valence-corrected chi connectivity index (χ3v) is 1.59. The van der Waals surface area contributed by atoms with Gasteiger partial charge in [-0.15, -0.1) is 0 Å². The molecular weight excluding hydrogens is 118 g/mol. The Labute approximate surface area is 53.6 Å². The number of imide groups is 1. The van der Waals surface area contributed by atoms with Gasteiger partial charge in [0, 0.05) is 6.54 Å². The number of hydrogen-bond acceptors (Lipinski definition) is 2. The van der Waals surface area contributed by atoms with Crippen LogP contribution >= 0.6 is 0 Å². The predicted octanol–water partition coefficient (Wildman–Crippen LogP) is 0.0112. The lowest BCUT2D eigenvalue weighted by Gasteiger charge is -2.32. The second-order valence-corrected chi connectivity index (χ2v) is 2.14. The van der Waals surface area contributed by atoms with E-state index in [1.54, 1.807) is 13.8 Å². The summed E-state index contributed by atoms with van der Waals surface area (Å²) in [5.74, 6) is -0.449. The molecule has 0 aromatic carbocycles. The van der Waals surface area contributed by atoms with Crippen molar-refractivity contribution in [3.8, 4) is 0 Å². The van der Waals surface area contributed by atoms with Gasteiger partial charge in [0.2, 0.25) is 11.8 Å². The highest BCUT2D eigenvalue weighted by Crippen LogP contribution is 2.17. The van der Waals surface area contributed by atoms with Gasteiger partial charge in [-0.1, -0.05) is 0 Å². The maximum atomic E-state index is 10.7. The Morgan fingerprint density at radius 1 is 1.44 bits per heavy atom. The van der Waals surface area contributed by atoms with E-state index in [9.17, 15) is 9.59 Å². The second kappa shape index (κ2) is 1.83. The number of carbonyl (C=O) groups is 2. The van der Waals surface area contributed by atoms with Crippen LogP contribution in [0.25, 0.3) is 0 Å². The highest BCUT2D eigenvalue weighted by Gasteiger charge is 2.41. The average molecular weight is 127 g/mol. The van der Waals surface area contributed by atoms with E-state index in [1.807, 2.05) is 0 Å². The van der Waals surface area contributed by atoms with E-state index in [0.29, 0.717) is 6.54 Å². The molecule has 0 unspecified atom stereocenters. The zero-order valence-corrected chi connectivity index (χ0v) is 5.55. The number of β-lactam (4-membered cyclic amide) rings is 2. The summed E-state index contributed by atoms with van der Waals surface area (Å²) in [6, 6.07) is 0. The molecule has 1 aliphatic rings. The summed E-state index contributed by atoms with van der Waals surface area (Å²) in [6.45, 7) is 3.94. The van der Waals surface area contributed by atoms with Crippen LogP contribution in [0.1, 0.15) is 13.8 Å². The molecule has 1 aliphatic heterocycles. The van der Waals surface area contributed by atoms with E-state index in [4.69, 9.17) is 0 Å². The van der Waals surface area contributed by atoms with Crippen LogP contribution in [0, 0.1) is 5.92 Å². The summed E-state index contributed by atoms with van der Waals surface area (Å²) in [7, 11) is 0. The number of hydrogen-bond donors (Lipinski definition) is 0. The van der Waals surface area contributed by atoms with Crippen LogP contribution in [0.5, 0.6) is 0 Å². The maximum Gasteiger partial charge on any atom is 0.241 e. The Hall–Kier alpha value is -0.860. The molecule has 3 nitrogen and oxygen atoms in total. The molecule has 0 spiro atoms. The minimum atomic E-state index is -0.370. The zero-order valence-electron chi connectivity index (χ0n) is 5.55. The van der Waals surface area contributed by atoms with Gasteiger partial charge in [0.15, 0.2) is 0 Å². The van der Waals surface area contributed by atoms with Crippen molar-refractivity contribution in [1.29, 1.82) is 0 Å². The first-order valence-electron chi connectivity index (χ1n) is 3.03. The molecule has 1 rings (SSSR count). The van der Waals surface area contributed by atoms with Crippen molar-refractivity contribution in [2.24, 2.45) is 5.92 Å². The molecule has 1 fully saturated rings. The molecule has 0 aromatic rings. The smallest absolute Gasteiger partial charge is 0.241 e. The van der Waals surface area contributed by atoms with E-state index < -0.39 is 0 Å². The van der Waals surface area contributed by atoms with Crippen molar-refractivity contribution >= 4 is 11.8 Å². The first-order chi connectivity index (χ1) is 4.18. The van der Waals surface area contributed by atoms with Crippen LogP contribution in [-0.2, 0) is 9.59 Å². The standard InChI is InChI=1S/C6H9NO2/c1-3-7-5(8)4(2)6(7)9/h4H,3H2,1-2H3. The predicted molar refractivity (Wildman–Crippen MR) is 31.6 cm³/mol. The molecule has 3 heteroatoms. The summed E-state index contributed by atoms with van der Waals surface area (Å²) >= 11 is 0. The quantitative estimate of drug-likeness (QED) is 0.367. The topological polar surface area (TPSA) is 37.4 Å². The average Bonchev–Trinajstić information content (AvgIpc) is 1.89. The molecule has 0 N–H and O–H groups in total. The van der Waals surface area contributed by atoms with E-state index in [0.717, 1.165) is 0 Å². The Morgan fingerprint density at radius 3 is 2.11 bits per heavy atom. The molecule has 0 aromatic heterocycles. The second-order valence-electron chi connectivity index (χ2n) is 2.14. The van der Waals surface area contributed by atoms with E-state index >= 15 is 0 Å². The third kappa shape index (κ3) is 0.642. The fourth-order valence-corrected chi connectivity index (χ4v) is 0.927. The summed E-state index contributed by atoms with van der Waals surface area (Å²) in [6.07, 6.45) is 0. The highest BCUT2D eigenvalue weighted by molar-refractivity contribution is 6.17. The molecule has 2 amide bonds. The minimum Gasteiger partial charge on any atom is -0.282 e. The van der Waals surface area contributed by atoms with Gasteiger partial charge in [-0.3, -0.25) is 14.5 Å². The van der Waals surface area contributed by atoms with Crippen molar-refractivity contribution in [2.45, 2.75) is 13.8 Å². The Bertz CT molecular complexity index is 148. The van der Waals surface area contributed by atoms with Gasteiger partial charge in [-0.25, -0.2) is 0 Å². The first-order valence-corrected chi connectivity index (χ1v) is 3.03. The number of amides is 2. The molecule has 0 atom stereocenters. The van der Waals surface area contributed by atoms with Gasteiger partial charge in [0.25, 0.3) is 0 Å². The SMILES string of the molecule is CCN1C(=O)C(C)C1=O. The molecular formula is C6H9NO2. The molecule has 0 radical (unpaired) electrons. The fraction of sp³-hybridized carbons (Fsp3) is 0.667. The molecule has 9 heavy (non-hydrogen) atoms. The van der Waals surface area contributed by atoms with Crippen molar-refractivity contribution in [2.75, 3.05) is 6.54 Å². The lowest BCUT2D eigenvalue weighted by molar-refractivity contribution is -0.164. The van der Waals surface area contributed by atoms with Gasteiger partial charge in [0.1, 0.15) is 5.92 Å². The van der Waals surface area contributed by atoms with Gasteiger partial charge < -0.3 is 0 Å². The van der Waals surface area contributed by atoms with E-state index in [2.05, 4.69) is 0 Å². The monoisotopic (exact) mass is 127 g/mol. The Morgan fingerprint density at radius 2 is 1.89 bits per heavy atom. The fourth-order valence-electron chi connectivity index (χ4n) is 0.927. The first kappa shape index (κ1) is 6.26. The lowest BCUT2D eigenvalue weighted by Crippen LogP contribution is -2.55. The van der Waals surface area contributed by atoms with Crippen LogP contribution in [0.2, 0.25) is 0 Å². The van der Waals surface area contributed by atoms with Crippen LogP contribution in [-0.4, -0.2) is 23.3 Å². The van der Waals surface area contributed by atoms with E-state index in [-0.39, 0.29) is 17.7 Å². The molecule has 0 bridgehead atoms. The maximum absolute atomic E-state index is 10.7. The summed E-state index contributed by atoms with van der Waals surface area (Å²) in [4.78, 5) is 22.7. The summed E-state index contributed by atoms with van der Waals surface area (Å²) < 4.78 is 0. The summed E-state index contributed by atoms with van der Waals surface area (Å²) in [5, 5.41) is 0. The van der Waals surface area contributed by atoms with Crippen molar-refractivity contribution in [1.82, 2.24) is 4.90 Å². The van der Waals surface area contributed by atoms with Crippen molar-refractivity contribution in [3.05, 3.63) is 0 Å². The van der Waals surface area contributed by atoms with Crippen molar-refractivity contribution < 1.29 is 9.59 Å². The Kier molecular flexibility index (Phi) is 1.27. The van der Waals surface area contributed by atoms with Gasteiger partial charge in [-0.05, 0) is 13.8 Å². The summed E-state index contributed by atoms with van der Waals surface area (Å²) in [5.41, 5.74) is 0. The normalized spacial score (nSPS) is 20.4. The molecule has 0 saturated carbocycles. The van der Waals surface area contributed by atoms with E-state index in [1.165, 1.54) is 4.90 Å². The number of nitrogens with zero attached hydrogens (tertiary/aromatic N) is 1. The number of carbonyl (C=O) groups excluding carboxylic acids is 2. The Balaban J connectivity index is 2.62. The zero-order chi connectivity index (χ0) is 7.02. The number of likely N-dealkylation sites (tertiary alicyclic amines) is 1. The third-order valence-electron chi connectivity index (χ3n) is 1.59. The largest absolute Gasteiger partial charge is 0.282 e. The molecule has 0 aliphatic carbocycles. The van der Waals surface area contributed by atoms with Gasteiger partial charge >= 0.3 is 0 Å². The molecule has 1 saturated heterocycles. The highest BCUT2D eigenvalue weighted by atomic mass is 16.2. The van der Waals surface area contributed by atoms with Gasteiger partial charge in [0.05, 0.1) is 0 Å². The molecule has 1 heterocycles. The van der Waals surface area contributed by atoms with Crippen LogP contribution in [0.3, 0.4) is 0 Å². The van der Waals surface area contributed by atoms with Crippen molar-refractivity contribution in [3.63, 3.8) is 0 Å². The van der Waals surface area contributed by atoms with Gasteiger partial charge in [-0.2, -0.15) is 0 Å². The minimum absolute atomic E-state index is 0.0394. The van der Waals surface area contributed by atoms with Crippen LogP contribution in [0.15, 0.2) is 0 Å². The number of rotatable bonds is 1. The van der Waals surface area contributed by atoms with Crippen LogP contribution < -0.4 is 0 Å². The lowest BCUT2D eigenvalue weighted by atomic mass is 10.0.